The summed E-state index contributed by atoms with van der Waals surface area (Å²) in [6, 6.07) is 17.9. The molecule has 0 fully saturated rings. The molecular weight excluding hydrogens is 503 g/mol. The van der Waals surface area contributed by atoms with Gasteiger partial charge in [-0.15, -0.1) is 24.0 Å². The van der Waals surface area contributed by atoms with Gasteiger partial charge >= 0.3 is 0 Å². The van der Waals surface area contributed by atoms with Gasteiger partial charge in [-0.25, -0.2) is 0 Å². The summed E-state index contributed by atoms with van der Waals surface area (Å²) in [4.78, 5) is 16.4. The molecule has 0 aromatic heterocycles. The standard InChI is InChI=1S/C24H34N4O2.HI/c1-4-26-24(27-15-9-17-30-19(2)21-11-6-5-7-12-21)28-16-14-20-10-8-13-22(18-20)23(29)25-3;/h5-8,10-13,18-19H,4,9,14-17H2,1-3H3,(H,25,29)(H2,26,27,28);1H. The van der Waals surface area contributed by atoms with Crippen molar-refractivity contribution in [2.75, 3.05) is 33.3 Å². The van der Waals surface area contributed by atoms with Gasteiger partial charge in [-0.05, 0) is 49.9 Å². The maximum atomic E-state index is 11.8. The van der Waals surface area contributed by atoms with E-state index in [1.165, 1.54) is 5.56 Å². The summed E-state index contributed by atoms with van der Waals surface area (Å²) >= 11 is 0. The van der Waals surface area contributed by atoms with Crippen LogP contribution in [0.25, 0.3) is 0 Å². The van der Waals surface area contributed by atoms with E-state index < -0.39 is 0 Å². The van der Waals surface area contributed by atoms with Crippen molar-refractivity contribution in [1.29, 1.82) is 0 Å². The molecule has 0 bridgehead atoms. The molecule has 0 heterocycles. The number of amides is 1. The van der Waals surface area contributed by atoms with Gasteiger partial charge in [0.15, 0.2) is 5.96 Å². The smallest absolute Gasteiger partial charge is 0.251 e. The van der Waals surface area contributed by atoms with Crippen LogP contribution >= 0.6 is 24.0 Å². The fourth-order valence-electron chi connectivity index (χ4n) is 3.02. The molecule has 0 saturated carbocycles. The largest absolute Gasteiger partial charge is 0.374 e. The molecule has 31 heavy (non-hydrogen) atoms. The number of aliphatic imine (C=N–C) groups is 1. The van der Waals surface area contributed by atoms with Gasteiger partial charge < -0.3 is 20.7 Å². The summed E-state index contributed by atoms with van der Waals surface area (Å²) in [7, 11) is 1.64. The summed E-state index contributed by atoms with van der Waals surface area (Å²) in [6.07, 6.45) is 1.77. The number of carbonyl (C=O) groups excluding carboxylic acids is 1. The Kier molecular flexibility index (Phi) is 13.6. The van der Waals surface area contributed by atoms with Gasteiger partial charge in [-0.1, -0.05) is 42.5 Å². The van der Waals surface area contributed by atoms with Crippen molar-refractivity contribution >= 4 is 35.8 Å². The monoisotopic (exact) mass is 538 g/mol. The first kappa shape index (κ1) is 26.9. The fourth-order valence-corrected chi connectivity index (χ4v) is 3.02. The van der Waals surface area contributed by atoms with Crippen LogP contribution in [0.3, 0.4) is 0 Å². The van der Waals surface area contributed by atoms with Gasteiger partial charge in [0.1, 0.15) is 0 Å². The number of guanidine groups is 1. The summed E-state index contributed by atoms with van der Waals surface area (Å²) in [5, 5.41) is 9.28. The fraction of sp³-hybridized carbons (Fsp3) is 0.417. The quantitative estimate of drug-likeness (QED) is 0.176. The van der Waals surface area contributed by atoms with Crippen molar-refractivity contribution in [3.05, 3.63) is 71.3 Å². The Hall–Kier alpha value is -2.13. The molecule has 0 aliphatic rings. The first-order valence-corrected chi connectivity index (χ1v) is 10.6. The van der Waals surface area contributed by atoms with E-state index in [1.807, 2.05) is 42.5 Å². The molecule has 2 aromatic carbocycles. The number of nitrogens with zero attached hydrogens (tertiary/aromatic N) is 1. The number of hydrogen-bond acceptors (Lipinski definition) is 3. The zero-order valence-corrected chi connectivity index (χ0v) is 21.0. The Balaban J connectivity index is 0.00000480. The molecule has 1 atom stereocenters. The van der Waals surface area contributed by atoms with Crippen molar-refractivity contribution < 1.29 is 9.53 Å². The number of ether oxygens (including phenoxy) is 1. The molecule has 2 aromatic rings. The lowest BCUT2D eigenvalue weighted by Crippen LogP contribution is -2.38. The molecule has 0 radical (unpaired) electrons. The summed E-state index contributed by atoms with van der Waals surface area (Å²) in [5.74, 6) is 0.736. The van der Waals surface area contributed by atoms with Crippen molar-refractivity contribution in [2.45, 2.75) is 32.8 Å². The summed E-state index contributed by atoms with van der Waals surface area (Å²) < 4.78 is 5.91. The van der Waals surface area contributed by atoms with Crippen LogP contribution < -0.4 is 16.0 Å². The molecule has 0 aliphatic carbocycles. The van der Waals surface area contributed by atoms with E-state index in [2.05, 4.69) is 46.9 Å². The minimum Gasteiger partial charge on any atom is -0.374 e. The Labute approximate surface area is 203 Å². The molecule has 1 unspecified atom stereocenters. The highest BCUT2D eigenvalue weighted by Crippen LogP contribution is 2.15. The average molecular weight is 538 g/mol. The molecule has 0 saturated heterocycles. The molecule has 170 valence electrons. The number of rotatable bonds is 11. The Morgan fingerprint density at radius 2 is 1.87 bits per heavy atom. The summed E-state index contributed by atoms with van der Waals surface area (Å²) in [6.45, 7) is 7.04. The number of halogens is 1. The summed E-state index contributed by atoms with van der Waals surface area (Å²) in [5.41, 5.74) is 2.99. The van der Waals surface area contributed by atoms with E-state index in [9.17, 15) is 4.79 Å². The Bertz CT molecular complexity index is 799. The van der Waals surface area contributed by atoms with Crippen molar-refractivity contribution in [1.82, 2.24) is 16.0 Å². The van der Waals surface area contributed by atoms with Crippen molar-refractivity contribution in [2.24, 2.45) is 4.99 Å². The predicted molar refractivity (Wildman–Crippen MR) is 138 cm³/mol. The highest BCUT2D eigenvalue weighted by Gasteiger charge is 2.05. The van der Waals surface area contributed by atoms with Gasteiger partial charge in [-0.2, -0.15) is 0 Å². The second-order valence-corrected chi connectivity index (χ2v) is 6.99. The van der Waals surface area contributed by atoms with Crippen LogP contribution in [0.1, 0.15) is 47.9 Å². The maximum absolute atomic E-state index is 11.8. The second kappa shape index (κ2) is 15.6. The average Bonchev–Trinajstić information content (AvgIpc) is 2.79. The minimum absolute atomic E-state index is 0. The zero-order chi connectivity index (χ0) is 21.6. The number of benzene rings is 2. The normalized spacial score (nSPS) is 11.9. The number of hydrogen-bond donors (Lipinski definition) is 3. The van der Waals surface area contributed by atoms with E-state index >= 15 is 0 Å². The van der Waals surface area contributed by atoms with E-state index in [1.54, 1.807) is 7.05 Å². The number of carbonyl (C=O) groups is 1. The second-order valence-electron chi connectivity index (χ2n) is 6.99. The van der Waals surface area contributed by atoms with Crippen LogP contribution in [0.2, 0.25) is 0 Å². The highest BCUT2D eigenvalue weighted by molar-refractivity contribution is 14.0. The topological polar surface area (TPSA) is 74.8 Å². The lowest BCUT2D eigenvalue weighted by atomic mass is 10.1. The lowest BCUT2D eigenvalue weighted by Gasteiger charge is -2.14. The third kappa shape index (κ3) is 10.1. The Morgan fingerprint density at radius 3 is 2.58 bits per heavy atom. The van der Waals surface area contributed by atoms with Crippen LogP contribution in [0.4, 0.5) is 0 Å². The van der Waals surface area contributed by atoms with Gasteiger partial charge in [0, 0.05) is 38.9 Å². The third-order valence-corrected chi connectivity index (χ3v) is 4.68. The molecule has 0 spiro atoms. The lowest BCUT2D eigenvalue weighted by molar-refractivity contribution is 0.0652. The van der Waals surface area contributed by atoms with Crippen molar-refractivity contribution in [3.63, 3.8) is 0 Å². The van der Waals surface area contributed by atoms with E-state index in [0.29, 0.717) is 18.7 Å². The third-order valence-electron chi connectivity index (χ3n) is 4.68. The van der Waals surface area contributed by atoms with Gasteiger partial charge in [0.25, 0.3) is 5.91 Å². The molecule has 3 N–H and O–H groups in total. The molecule has 7 heteroatoms. The van der Waals surface area contributed by atoms with Crippen LogP contribution in [0.5, 0.6) is 0 Å². The minimum atomic E-state index is -0.0662. The first-order chi connectivity index (χ1) is 14.6. The van der Waals surface area contributed by atoms with Crippen LogP contribution in [0, 0.1) is 0 Å². The van der Waals surface area contributed by atoms with Crippen LogP contribution in [-0.4, -0.2) is 45.2 Å². The highest BCUT2D eigenvalue weighted by atomic mass is 127. The SMILES string of the molecule is CCNC(=NCCCOC(C)c1ccccc1)NCCc1cccc(C(=O)NC)c1.I. The number of nitrogens with one attached hydrogen (secondary N) is 3. The van der Waals surface area contributed by atoms with Gasteiger partial charge in [0.2, 0.25) is 0 Å². The van der Waals surface area contributed by atoms with Crippen LogP contribution in [0.15, 0.2) is 59.6 Å². The molecular formula is C24H35IN4O2. The zero-order valence-electron chi connectivity index (χ0n) is 18.7. The van der Waals surface area contributed by atoms with Gasteiger partial charge in [-0.3, -0.25) is 9.79 Å². The first-order valence-electron chi connectivity index (χ1n) is 10.6. The van der Waals surface area contributed by atoms with Crippen LogP contribution in [-0.2, 0) is 11.2 Å². The van der Waals surface area contributed by atoms with E-state index in [0.717, 1.165) is 37.5 Å². The van der Waals surface area contributed by atoms with Crippen molar-refractivity contribution in [3.8, 4) is 0 Å². The van der Waals surface area contributed by atoms with Gasteiger partial charge in [0.05, 0.1) is 6.10 Å². The van der Waals surface area contributed by atoms with E-state index in [4.69, 9.17) is 4.74 Å². The molecule has 2 rings (SSSR count). The molecule has 1 amide bonds. The Morgan fingerprint density at radius 1 is 1.10 bits per heavy atom. The molecule has 0 aliphatic heterocycles. The predicted octanol–water partition coefficient (Wildman–Crippen LogP) is 3.93. The maximum Gasteiger partial charge on any atom is 0.251 e. The molecule has 6 nitrogen and oxygen atoms in total. The van der Waals surface area contributed by atoms with E-state index in [-0.39, 0.29) is 36.0 Å².